The molecule has 1 amide bonds. The summed E-state index contributed by atoms with van der Waals surface area (Å²) < 4.78 is 0. The van der Waals surface area contributed by atoms with Crippen molar-refractivity contribution in [2.75, 3.05) is 6.54 Å². The van der Waals surface area contributed by atoms with E-state index >= 15 is 0 Å². The van der Waals surface area contributed by atoms with Gasteiger partial charge in [-0.25, -0.2) is 0 Å². The molecule has 0 aliphatic heterocycles. The van der Waals surface area contributed by atoms with Crippen molar-refractivity contribution in [3.63, 3.8) is 0 Å². The van der Waals surface area contributed by atoms with Crippen LogP contribution in [0.1, 0.15) is 49.0 Å². The first kappa shape index (κ1) is 15.8. The fourth-order valence-electron chi connectivity index (χ4n) is 2.93. The standard InChI is InChI=1S/C15H19ClN2O3/c16-11-4-7-17-12(8-11)14(21)18-10-15(9-13(19)20)5-2-1-3-6-15/h4,7-8H,1-3,5-6,9-10H2,(H,18,21)(H,19,20). The van der Waals surface area contributed by atoms with Crippen LogP contribution in [0.25, 0.3) is 0 Å². The Hall–Kier alpha value is -1.62. The normalized spacial score (nSPS) is 17.2. The summed E-state index contributed by atoms with van der Waals surface area (Å²) in [6.45, 7) is 0.367. The molecule has 1 fully saturated rings. The van der Waals surface area contributed by atoms with Crippen LogP contribution in [0.15, 0.2) is 18.3 Å². The van der Waals surface area contributed by atoms with Crippen molar-refractivity contribution in [3.05, 3.63) is 29.0 Å². The molecular formula is C15H19ClN2O3. The molecule has 1 saturated carbocycles. The Bertz CT molecular complexity index is 527. The second kappa shape index (κ2) is 6.89. The van der Waals surface area contributed by atoms with Crippen molar-refractivity contribution in [2.45, 2.75) is 38.5 Å². The van der Waals surface area contributed by atoms with Crippen LogP contribution in [-0.4, -0.2) is 28.5 Å². The number of rotatable bonds is 5. The van der Waals surface area contributed by atoms with E-state index in [-0.39, 0.29) is 23.4 Å². The molecule has 2 N–H and O–H groups in total. The number of nitrogens with one attached hydrogen (secondary N) is 1. The maximum atomic E-state index is 12.1. The van der Waals surface area contributed by atoms with Crippen molar-refractivity contribution < 1.29 is 14.7 Å². The maximum absolute atomic E-state index is 12.1. The summed E-state index contributed by atoms with van der Waals surface area (Å²) in [5, 5.41) is 12.4. The Labute approximate surface area is 128 Å². The zero-order valence-corrected chi connectivity index (χ0v) is 12.5. The molecule has 0 bridgehead atoms. The molecule has 1 aliphatic rings. The summed E-state index contributed by atoms with van der Waals surface area (Å²) in [5.74, 6) is -1.13. The maximum Gasteiger partial charge on any atom is 0.303 e. The first-order valence-electron chi connectivity index (χ1n) is 7.12. The SMILES string of the molecule is O=C(O)CC1(CNC(=O)c2cc(Cl)ccn2)CCCCC1. The number of pyridine rings is 1. The van der Waals surface area contributed by atoms with E-state index in [9.17, 15) is 9.59 Å². The Morgan fingerprint density at radius 2 is 2.05 bits per heavy atom. The highest BCUT2D eigenvalue weighted by Crippen LogP contribution is 2.38. The Morgan fingerprint density at radius 1 is 1.33 bits per heavy atom. The largest absolute Gasteiger partial charge is 0.481 e. The molecule has 1 heterocycles. The van der Waals surface area contributed by atoms with Gasteiger partial charge in [-0.3, -0.25) is 14.6 Å². The van der Waals surface area contributed by atoms with E-state index in [4.69, 9.17) is 16.7 Å². The molecule has 0 unspecified atom stereocenters. The summed E-state index contributed by atoms with van der Waals surface area (Å²) in [6, 6.07) is 3.10. The Balaban J connectivity index is 2.01. The summed E-state index contributed by atoms with van der Waals surface area (Å²) in [6.07, 6.45) is 6.40. The Morgan fingerprint density at radius 3 is 2.67 bits per heavy atom. The summed E-state index contributed by atoms with van der Waals surface area (Å²) >= 11 is 5.84. The van der Waals surface area contributed by atoms with Gasteiger partial charge in [0.2, 0.25) is 0 Å². The lowest BCUT2D eigenvalue weighted by atomic mass is 9.71. The average molecular weight is 311 g/mol. The minimum absolute atomic E-state index is 0.0935. The molecular weight excluding hydrogens is 292 g/mol. The number of carboxylic acid groups (broad SMARTS) is 1. The molecule has 0 radical (unpaired) electrons. The van der Waals surface area contributed by atoms with Gasteiger partial charge in [0, 0.05) is 17.8 Å². The smallest absolute Gasteiger partial charge is 0.303 e. The molecule has 21 heavy (non-hydrogen) atoms. The van der Waals surface area contributed by atoms with Gasteiger partial charge in [0.25, 0.3) is 5.91 Å². The van der Waals surface area contributed by atoms with Gasteiger partial charge in [0.15, 0.2) is 0 Å². The minimum Gasteiger partial charge on any atom is -0.481 e. The second-order valence-electron chi connectivity index (χ2n) is 5.67. The van der Waals surface area contributed by atoms with Gasteiger partial charge in [-0.2, -0.15) is 0 Å². The van der Waals surface area contributed by atoms with E-state index in [1.807, 2.05) is 0 Å². The van der Waals surface area contributed by atoms with E-state index < -0.39 is 5.97 Å². The first-order chi connectivity index (χ1) is 10.0. The lowest BCUT2D eigenvalue weighted by Gasteiger charge is -2.36. The number of hydrogen-bond donors (Lipinski definition) is 2. The average Bonchev–Trinajstić information content (AvgIpc) is 2.45. The Kier molecular flexibility index (Phi) is 5.17. The van der Waals surface area contributed by atoms with Crippen molar-refractivity contribution in [2.24, 2.45) is 5.41 Å². The van der Waals surface area contributed by atoms with Crippen LogP contribution in [0.2, 0.25) is 5.02 Å². The molecule has 1 aromatic heterocycles. The highest BCUT2D eigenvalue weighted by Gasteiger charge is 2.34. The van der Waals surface area contributed by atoms with E-state index in [2.05, 4.69) is 10.3 Å². The number of aromatic nitrogens is 1. The van der Waals surface area contributed by atoms with E-state index in [1.54, 1.807) is 6.07 Å². The highest BCUT2D eigenvalue weighted by molar-refractivity contribution is 6.30. The first-order valence-corrected chi connectivity index (χ1v) is 7.50. The zero-order chi connectivity index (χ0) is 15.3. The number of halogens is 1. The summed E-state index contributed by atoms with van der Waals surface area (Å²) in [7, 11) is 0. The molecule has 0 spiro atoms. The fraction of sp³-hybridized carbons (Fsp3) is 0.533. The van der Waals surface area contributed by atoms with Crippen LogP contribution >= 0.6 is 11.6 Å². The molecule has 0 saturated heterocycles. The predicted molar refractivity (Wildman–Crippen MR) is 79.4 cm³/mol. The third-order valence-electron chi connectivity index (χ3n) is 4.02. The van der Waals surface area contributed by atoms with Gasteiger partial charge >= 0.3 is 5.97 Å². The van der Waals surface area contributed by atoms with Crippen molar-refractivity contribution >= 4 is 23.5 Å². The van der Waals surface area contributed by atoms with E-state index in [0.29, 0.717) is 11.6 Å². The van der Waals surface area contributed by atoms with Crippen LogP contribution < -0.4 is 5.32 Å². The number of aliphatic carboxylic acids is 1. The number of amides is 1. The molecule has 114 valence electrons. The van der Waals surface area contributed by atoms with Gasteiger partial charge in [-0.15, -0.1) is 0 Å². The zero-order valence-electron chi connectivity index (χ0n) is 11.8. The number of carbonyl (C=O) groups excluding carboxylic acids is 1. The molecule has 1 aromatic rings. The fourth-order valence-corrected chi connectivity index (χ4v) is 3.09. The molecule has 1 aliphatic carbocycles. The summed E-state index contributed by atoms with van der Waals surface area (Å²) in [5.41, 5.74) is -0.0815. The number of carbonyl (C=O) groups is 2. The topological polar surface area (TPSA) is 79.3 Å². The molecule has 0 atom stereocenters. The predicted octanol–water partition coefficient (Wildman–Crippen LogP) is 2.89. The van der Waals surface area contributed by atoms with Gasteiger partial charge in [0.05, 0.1) is 6.42 Å². The molecule has 2 rings (SSSR count). The second-order valence-corrected chi connectivity index (χ2v) is 6.11. The van der Waals surface area contributed by atoms with Gasteiger partial charge in [-0.1, -0.05) is 30.9 Å². The van der Waals surface area contributed by atoms with Crippen LogP contribution in [0.4, 0.5) is 0 Å². The monoisotopic (exact) mass is 310 g/mol. The van der Waals surface area contributed by atoms with Crippen LogP contribution in [-0.2, 0) is 4.79 Å². The lowest BCUT2D eigenvalue weighted by Crippen LogP contribution is -2.40. The minimum atomic E-state index is -0.813. The number of nitrogens with zero attached hydrogens (tertiary/aromatic N) is 1. The van der Waals surface area contributed by atoms with Gasteiger partial charge in [0.1, 0.15) is 5.69 Å². The van der Waals surface area contributed by atoms with Crippen LogP contribution in [0, 0.1) is 5.41 Å². The van der Waals surface area contributed by atoms with E-state index in [0.717, 1.165) is 32.1 Å². The highest BCUT2D eigenvalue weighted by atomic mass is 35.5. The number of carboxylic acids is 1. The van der Waals surface area contributed by atoms with Gasteiger partial charge in [-0.05, 0) is 30.4 Å². The third-order valence-corrected chi connectivity index (χ3v) is 4.25. The number of hydrogen-bond acceptors (Lipinski definition) is 3. The lowest BCUT2D eigenvalue weighted by molar-refractivity contribution is -0.140. The van der Waals surface area contributed by atoms with Crippen molar-refractivity contribution in [1.82, 2.24) is 10.3 Å². The van der Waals surface area contributed by atoms with Gasteiger partial charge < -0.3 is 10.4 Å². The van der Waals surface area contributed by atoms with Crippen LogP contribution in [0.5, 0.6) is 0 Å². The van der Waals surface area contributed by atoms with Crippen molar-refractivity contribution in [3.8, 4) is 0 Å². The summed E-state index contributed by atoms with van der Waals surface area (Å²) in [4.78, 5) is 27.2. The van der Waals surface area contributed by atoms with E-state index in [1.165, 1.54) is 12.3 Å². The quantitative estimate of drug-likeness (QED) is 0.876. The van der Waals surface area contributed by atoms with Crippen LogP contribution in [0.3, 0.4) is 0 Å². The third kappa shape index (κ3) is 4.43. The molecule has 5 nitrogen and oxygen atoms in total. The molecule has 6 heteroatoms. The van der Waals surface area contributed by atoms with Crippen molar-refractivity contribution in [1.29, 1.82) is 0 Å². The molecule has 0 aromatic carbocycles.